The van der Waals surface area contributed by atoms with Crippen LogP contribution in [0.25, 0.3) is 0 Å². The van der Waals surface area contributed by atoms with Crippen LogP contribution in [0.5, 0.6) is 11.5 Å². The Balaban J connectivity index is 1.21. The SMILES string of the molecule is O=C(C[C@H]1CC[C@H]2[C@@H](COC[C@H](O)CN2Cc2ccc(Oc3ccccc3)cc2)O1)N1CCCCC1. The number of rotatable bonds is 6. The van der Waals surface area contributed by atoms with Crippen molar-refractivity contribution in [3.8, 4) is 11.5 Å². The maximum absolute atomic E-state index is 12.8. The van der Waals surface area contributed by atoms with Gasteiger partial charge in [0.1, 0.15) is 11.5 Å². The number of β-amino-alcohol motifs (C(OH)–C–C–N with tert-alkyl or cyclic N) is 1. The van der Waals surface area contributed by atoms with Gasteiger partial charge in [-0.3, -0.25) is 9.69 Å². The fraction of sp³-hybridized carbons (Fsp3) is 0.552. The molecule has 7 nitrogen and oxygen atoms in total. The molecule has 36 heavy (non-hydrogen) atoms. The van der Waals surface area contributed by atoms with E-state index in [1.54, 1.807) is 0 Å². The molecule has 3 saturated heterocycles. The number of carbonyl (C=O) groups excluding carboxylic acids is 1. The third kappa shape index (κ3) is 6.65. The number of hydrogen-bond acceptors (Lipinski definition) is 6. The molecule has 7 heteroatoms. The summed E-state index contributed by atoms with van der Waals surface area (Å²) in [4.78, 5) is 17.1. The average molecular weight is 495 g/mol. The van der Waals surface area contributed by atoms with Gasteiger partial charge in [-0.2, -0.15) is 0 Å². The van der Waals surface area contributed by atoms with Crippen LogP contribution in [0.4, 0.5) is 0 Å². The molecule has 5 rings (SSSR count). The fourth-order valence-corrected chi connectivity index (χ4v) is 5.62. The second kappa shape index (κ2) is 12.2. The third-order valence-corrected chi connectivity index (χ3v) is 7.49. The molecule has 3 fully saturated rings. The minimum atomic E-state index is -0.537. The number of benzene rings is 2. The van der Waals surface area contributed by atoms with Crippen LogP contribution in [0.2, 0.25) is 0 Å². The fourth-order valence-electron chi connectivity index (χ4n) is 5.62. The van der Waals surface area contributed by atoms with Crippen molar-refractivity contribution >= 4 is 5.91 Å². The normalized spacial score (nSPS) is 27.5. The van der Waals surface area contributed by atoms with Gasteiger partial charge in [0.15, 0.2) is 0 Å². The zero-order valence-electron chi connectivity index (χ0n) is 21.0. The lowest BCUT2D eigenvalue weighted by molar-refractivity contribution is -0.161. The lowest BCUT2D eigenvalue weighted by Gasteiger charge is -2.44. The first-order chi connectivity index (χ1) is 17.6. The number of aliphatic hydroxyl groups is 1. The van der Waals surface area contributed by atoms with Crippen molar-refractivity contribution in [2.24, 2.45) is 0 Å². The van der Waals surface area contributed by atoms with E-state index in [1.807, 2.05) is 47.4 Å². The number of nitrogens with zero attached hydrogens (tertiary/aromatic N) is 2. The standard InChI is InChI=1S/C29H38N2O5/c32-23-19-31(18-22-9-11-25(12-10-22)35-24-7-3-1-4-8-24)27-14-13-26(36-28(27)21-34-20-23)17-29(33)30-15-5-2-6-16-30/h1,3-4,7-12,23,26-28,32H,2,5-6,13-21H2/t23-,26-,27+,28-/m1/s1. The first-order valence-corrected chi connectivity index (χ1v) is 13.4. The molecule has 0 saturated carbocycles. The van der Waals surface area contributed by atoms with Gasteiger partial charge < -0.3 is 24.2 Å². The van der Waals surface area contributed by atoms with Gasteiger partial charge in [-0.1, -0.05) is 30.3 Å². The van der Waals surface area contributed by atoms with Gasteiger partial charge in [0.2, 0.25) is 5.91 Å². The van der Waals surface area contributed by atoms with Gasteiger partial charge in [0, 0.05) is 32.2 Å². The molecule has 3 heterocycles. The van der Waals surface area contributed by atoms with Crippen LogP contribution in [0.3, 0.4) is 0 Å². The molecule has 1 amide bonds. The highest BCUT2D eigenvalue weighted by atomic mass is 16.5. The van der Waals surface area contributed by atoms with E-state index < -0.39 is 6.10 Å². The molecule has 194 valence electrons. The van der Waals surface area contributed by atoms with Crippen LogP contribution in [-0.4, -0.2) is 78.0 Å². The van der Waals surface area contributed by atoms with E-state index in [4.69, 9.17) is 14.2 Å². The second-order valence-electron chi connectivity index (χ2n) is 10.3. The Hall–Kier alpha value is -2.45. The molecule has 2 aromatic rings. The largest absolute Gasteiger partial charge is 0.457 e. The number of fused-ring (bicyclic) bond motifs is 1. The summed E-state index contributed by atoms with van der Waals surface area (Å²) in [6, 6.07) is 18.0. The van der Waals surface area contributed by atoms with E-state index >= 15 is 0 Å². The smallest absolute Gasteiger partial charge is 0.225 e. The first kappa shape index (κ1) is 25.2. The van der Waals surface area contributed by atoms with Gasteiger partial charge >= 0.3 is 0 Å². The molecule has 2 aromatic carbocycles. The number of aliphatic hydroxyl groups excluding tert-OH is 1. The third-order valence-electron chi connectivity index (χ3n) is 7.49. The number of carbonyl (C=O) groups is 1. The number of ether oxygens (including phenoxy) is 3. The lowest BCUT2D eigenvalue weighted by atomic mass is 9.94. The Morgan fingerprint density at radius 1 is 0.944 bits per heavy atom. The Labute approximate surface area is 213 Å². The van der Waals surface area contributed by atoms with Gasteiger partial charge in [-0.15, -0.1) is 0 Å². The Kier molecular flexibility index (Phi) is 8.54. The molecular weight excluding hydrogens is 456 g/mol. The topological polar surface area (TPSA) is 71.5 Å². The minimum Gasteiger partial charge on any atom is -0.457 e. The van der Waals surface area contributed by atoms with Crippen molar-refractivity contribution in [3.05, 3.63) is 60.2 Å². The Morgan fingerprint density at radius 3 is 2.47 bits per heavy atom. The Bertz CT molecular complexity index is 963. The van der Waals surface area contributed by atoms with Crippen LogP contribution in [0.1, 0.15) is 44.1 Å². The monoisotopic (exact) mass is 494 g/mol. The van der Waals surface area contributed by atoms with Crippen LogP contribution in [-0.2, 0) is 20.8 Å². The summed E-state index contributed by atoms with van der Waals surface area (Å²) in [6.07, 6.45) is 4.94. The zero-order valence-corrected chi connectivity index (χ0v) is 21.0. The van der Waals surface area contributed by atoms with Crippen LogP contribution < -0.4 is 4.74 Å². The molecule has 4 atom stereocenters. The summed E-state index contributed by atoms with van der Waals surface area (Å²) >= 11 is 0. The van der Waals surface area contributed by atoms with E-state index in [-0.39, 0.29) is 24.2 Å². The molecule has 0 aliphatic carbocycles. The summed E-state index contributed by atoms with van der Waals surface area (Å²) < 4.78 is 18.2. The quantitative estimate of drug-likeness (QED) is 0.655. The zero-order chi connectivity index (χ0) is 24.7. The van der Waals surface area contributed by atoms with Crippen molar-refractivity contribution in [2.45, 2.75) is 69.4 Å². The van der Waals surface area contributed by atoms with E-state index in [0.29, 0.717) is 32.7 Å². The number of hydrogen-bond donors (Lipinski definition) is 1. The maximum atomic E-state index is 12.8. The highest BCUT2D eigenvalue weighted by Crippen LogP contribution is 2.30. The molecule has 0 radical (unpaired) electrons. The average Bonchev–Trinajstić information content (AvgIpc) is 2.90. The second-order valence-corrected chi connectivity index (χ2v) is 10.3. The highest BCUT2D eigenvalue weighted by Gasteiger charge is 2.38. The van der Waals surface area contributed by atoms with Gasteiger partial charge in [0.05, 0.1) is 37.9 Å². The number of amides is 1. The maximum Gasteiger partial charge on any atom is 0.225 e. The number of piperidine rings is 1. The van der Waals surface area contributed by atoms with Gasteiger partial charge in [-0.05, 0) is 61.9 Å². The number of likely N-dealkylation sites (tertiary alicyclic amines) is 1. The van der Waals surface area contributed by atoms with Crippen LogP contribution in [0, 0.1) is 0 Å². The molecular formula is C29H38N2O5. The highest BCUT2D eigenvalue weighted by molar-refractivity contribution is 5.76. The van der Waals surface area contributed by atoms with Gasteiger partial charge in [0.25, 0.3) is 0 Å². The Morgan fingerprint density at radius 2 is 1.69 bits per heavy atom. The van der Waals surface area contributed by atoms with Crippen LogP contribution >= 0.6 is 0 Å². The van der Waals surface area contributed by atoms with E-state index in [0.717, 1.165) is 55.8 Å². The summed E-state index contributed by atoms with van der Waals surface area (Å²) in [5.74, 6) is 1.83. The molecule has 0 aromatic heterocycles. The first-order valence-electron chi connectivity index (χ1n) is 13.4. The van der Waals surface area contributed by atoms with E-state index in [2.05, 4.69) is 17.0 Å². The number of para-hydroxylation sites is 1. The van der Waals surface area contributed by atoms with E-state index in [9.17, 15) is 9.90 Å². The molecule has 0 bridgehead atoms. The van der Waals surface area contributed by atoms with Crippen molar-refractivity contribution in [2.75, 3.05) is 32.8 Å². The molecule has 3 aliphatic rings. The van der Waals surface area contributed by atoms with Crippen molar-refractivity contribution < 1.29 is 24.1 Å². The predicted octanol–water partition coefficient (Wildman–Crippen LogP) is 3.99. The van der Waals surface area contributed by atoms with E-state index in [1.165, 1.54) is 6.42 Å². The summed E-state index contributed by atoms with van der Waals surface area (Å²) in [5.41, 5.74) is 1.16. The van der Waals surface area contributed by atoms with Gasteiger partial charge in [-0.25, -0.2) is 0 Å². The predicted molar refractivity (Wildman–Crippen MR) is 137 cm³/mol. The lowest BCUT2D eigenvalue weighted by Crippen LogP contribution is -2.55. The summed E-state index contributed by atoms with van der Waals surface area (Å²) in [5, 5.41) is 10.5. The molecule has 1 N–H and O–H groups in total. The molecule has 3 aliphatic heterocycles. The summed E-state index contributed by atoms with van der Waals surface area (Å²) in [7, 11) is 0. The van der Waals surface area contributed by atoms with Crippen molar-refractivity contribution in [3.63, 3.8) is 0 Å². The van der Waals surface area contributed by atoms with Crippen molar-refractivity contribution in [1.82, 2.24) is 9.80 Å². The minimum absolute atomic E-state index is 0.0649. The van der Waals surface area contributed by atoms with Crippen molar-refractivity contribution in [1.29, 1.82) is 0 Å². The van der Waals surface area contributed by atoms with Crippen LogP contribution in [0.15, 0.2) is 54.6 Å². The molecule has 0 unspecified atom stereocenters. The molecule has 0 spiro atoms. The summed E-state index contributed by atoms with van der Waals surface area (Å²) in [6.45, 7) is 3.73.